The van der Waals surface area contributed by atoms with Crippen LogP contribution in [0.25, 0.3) is 0 Å². The molecule has 0 aliphatic rings. The third-order valence-electron chi connectivity index (χ3n) is 3.76. The van der Waals surface area contributed by atoms with Gasteiger partial charge in [-0.15, -0.1) is 0 Å². The summed E-state index contributed by atoms with van der Waals surface area (Å²) >= 11 is 1.51. The molecule has 0 aliphatic carbocycles. The van der Waals surface area contributed by atoms with Crippen LogP contribution in [0.5, 0.6) is 0 Å². The molecule has 0 N–H and O–H groups in total. The number of rotatable bonds is 5. The van der Waals surface area contributed by atoms with Gasteiger partial charge in [-0.2, -0.15) is 0 Å². The predicted molar refractivity (Wildman–Crippen MR) is 91.4 cm³/mol. The highest BCUT2D eigenvalue weighted by Crippen LogP contribution is 2.19. The van der Waals surface area contributed by atoms with Crippen LogP contribution in [0.15, 0.2) is 29.4 Å². The Morgan fingerprint density at radius 1 is 1.17 bits per heavy atom. The largest absolute Gasteiger partial charge is 0.315 e. The Morgan fingerprint density at radius 2 is 1.74 bits per heavy atom. The molecule has 0 radical (unpaired) electrons. The highest BCUT2D eigenvalue weighted by atomic mass is 32.2. The predicted octanol–water partition coefficient (Wildman–Crippen LogP) is 3.55. The standard InChI is InChI=1S/C17H20FN3OS/c1-11-15(12(2)20-17(19-11)23-4)9-10-16(22)21(3)14-7-5-13(18)6-8-14/h5-8H,9-10H2,1-4H3. The summed E-state index contributed by atoms with van der Waals surface area (Å²) in [6, 6.07) is 5.89. The van der Waals surface area contributed by atoms with Crippen molar-refractivity contribution in [1.29, 1.82) is 0 Å². The van der Waals surface area contributed by atoms with Crippen LogP contribution in [0, 0.1) is 19.7 Å². The van der Waals surface area contributed by atoms with Crippen molar-refractivity contribution in [3.63, 3.8) is 0 Å². The van der Waals surface area contributed by atoms with Gasteiger partial charge in [0.1, 0.15) is 5.82 Å². The quantitative estimate of drug-likeness (QED) is 0.620. The Labute approximate surface area is 140 Å². The zero-order valence-corrected chi connectivity index (χ0v) is 14.6. The number of hydrogen-bond acceptors (Lipinski definition) is 4. The van der Waals surface area contributed by atoms with E-state index in [1.165, 1.54) is 23.9 Å². The molecule has 1 heterocycles. The molecule has 1 aromatic heterocycles. The van der Waals surface area contributed by atoms with Crippen molar-refractivity contribution in [1.82, 2.24) is 9.97 Å². The number of carbonyl (C=O) groups excluding carboxylic acids is 1. The maximum absolute atomic E-state index is 13.0. The molecule has 0 fully saturated rings. The zero-order valence-electron chi connectivity index (χ0n) is 13.8. The number of carbonyl (C=O) groups is 1. The lowest BCUT2D eigenvalue weighted by atomic mass is 10.1. The minimum Gasteiger partial charge on any atom is -0.315 e. The number of aromatic nitrogens is 2. The summed E-state index contributed by atoms with van der Waals surface area (Å²) < 4.78 is 13.0. The molecular formula is C17H20FN3OS. The molecule has 2 aromatic rings. The molecular weight excluding hydrogens is 313 g/mol. The number of anilines is 1. The van der Waals surface area contributed by atoms with Crippen LogP contribution in [0.1, 0.15) is 23.4 Å². The number of benzene rings is 1. The second-order valence-electron chi connectivity index (χ2n) is 5.29. The van der Waals surface area contributed by atoms with Crippen LogP contribution in [-0.4, -0.2) is 29.2 Å². The van der Waals surface area contributed by atoms with Crippen molar-refractivity contribution in [3.05, 3.63) is 47.0 Å². The number of amides is 1. The van der Waals surface area contributed by atoms with Gasteiger partial charge >= 0.3 is 0 Å². The van der Waals surface area contributed by atoms with Crippen LogP contribution < -0.4 is 4.90 Å². The third kappa shape index (κ3) is 4.28. The van der Waals surface area contributed by atoms with Crippen LogP contribution in [0.3, 0.4) is 0 Å². The maximum atomic E-state index is 13.0. The molecule has 2 rings (SSSR count). The Hall–Kier alpha value is -1.95. The Balaban J connectivity index is 2.05. The van der Waals surface area contributed by atoms with Gasteiger partial charge in [-0.05, 0) is 56.4 Å². The molecule has 4 nitrogen and oxygen atoms in total. The molecule has 23 heavy (non-hydrogen) atoms. The Kier molecular flexibility index (Phi) is 5.71. The van der Waals surface area contributed by atoms with E-state index in [-0.39, 0.29) is 11.7 Å². The number of thioether (sulfide) groups is 1. The summed E-state index contributed by atoms with van der Waals surface area (Å²) in [6.45, 7) is 3.88. The maximum Gasteiger partial charge on any atom is 0.227 e. The van der Waals surface area contributed by atoms with E-state index >= 15 is 0 Å². The molecule has 1 aromatic carbocycles. The Morgan fingerprint density at radius 3 is 2.26 bits per heavy atom. The van der Waals surface area contributed by atoms with Gasteiger partial charge in [-0.25, -0.2) is 14.4 Å². The van der Waals surface area contributed by atoms with Crippen LogP contribution in [-0.2, 0) is 11.2 Å². The molecule has 122 valence electrons. The molecule has 0 bridgehead atoms. The van der Waals surface area contributed by atoms with Gasteiger partial charge in [0, 0.05) is 30.5 Å². The smallest absolute Gasteiger partial charge is 0.227 e. The Bertz CT molecular complexity index is 680. The van der Waals surface area contributed by atoms with E-state index < -0.39 is 0 Å². The average molecular weight is 333 g/mol. The van der Waals surface area contributed by atoms with Crippen molar-refractivity contribution in [2.75, 3.05) is 18.2 Å². The van der Waals surface area contributed by atoms with Crippen molar-refractivity contribution in [2.45, 2.75) is 31.8 Å². The van der Waals surface area contributed by atoms with Crippen molar-refractivity contribution in [3.8, 4) is 0 Å². The summed E-state index contributed by atoms with van der Waals surface area (Å²) in [4.78, 5) is 22.7. The van der Waals surface area contributed by atoms with E-state index in [1.807, 2.05) is 20.1 Å². The van der Waals surface area contributed by atoms with E-state index in [1.54, 1.807) is 24.1 Å². The van der Waals surface area contributed by atoms with Gasteiger partial charge in [-0.3, -0.25) is 4.79 Å². The number of halogens is 1. The summed E-state index contributed by atoms with van der Waals surface area (Å²) in [5.74, 6) is -0.337. The molecule has 6 heteroatoms. The van der Waals surface area contributed by atoms with E-state index in [9.17, 15) is 9.18 Å². The van der Waals surface area contributed by atoms with E-state index in [2.05, 4.69) is 9.97 Å². The first-order chi connectivity index (χ1) is 10.9. The first-order valence-corrected chi connectivity index (χ1v) is 8.55. The van der Waals surface area contributed by atoms with Gasteiger partial charge in [0.2, 0.25) is 5.91 Å². The monoisotopic (exact) mass is 333 g/mol. The van der Waals surface area contributed by atoms with Gasteiger partial charge < -0.3 is 4.90 Å². The van der Waals surface area contributed by atoms with Crippen LogP contribution >= 0.6 is 11.8 Å². The van der Waals surface area contributed by atoms with E-state index in [0.717, 1.165) is 22.1 Å². The average Bonchev–Trinajstić information content (AvgIpc) is 2.53. The highest BCUT2D eigenvalue weighted by Gasteiger charge is 2.14. The summed E-state index contributed by atoms with van der Waals surface area (Å²) in [5, 5.41) is 0.749. The summed E-state index contributed by atoms with van der Waals surface area (Å²) in [7, 11) is 1.70. The number of hydrogen-bond donors (Lipinski definition) is 0. The fourth-order valence-electron chi connectivity index (χ4n) is 2.37. The van der Waals surface area contributed by atoms with E-state index in [0.29, 0.717) is 18.5 Å². The second kappa shape index (κ2) is 7.55. The van der Waals surface area contributed by atoms with Crippen LogP contribution in [0.4, 0.5) is 10.1 Å². The van der Waals surface area contributed by atoms with Gasteiger partial charge in [0.15, 0.2) is 5.16 Å². The molecule has 0 unspecified atom stereocenters. The molecule has 0 spiro atoms. The van der Waals surface area contributed by atoms with Gasteiger partial charge in [0.25, 0.3) is 0 Å². The molecule has 1 amide bonds. The topological polar surface area (TPSA) is 46.1 Å². The first kappa shape index (κ1) is 17.4. The molecule has 0 aliphatic heterocycles. The fourth-order valence-corrected chi connectivity index (χ4v) is 2.83. The fraction of sp³-hybridized carbons (Fsp3) is 0.353. The van der Waals surface area contributed by atoms with Crippen LogP contribution in [0.2, 0.25) is 0 Å². The number of aryl methyl sites for hydroxylation is 2. The van der Waals surface area contributed by atoms with Crippen molar-refractivity contribution in [2.24, 2.45) is 0 Å². The lowest BCUT2D eigenvalue weighted by Crippen LogP contribution is -2.26. The minimum absolute atomic E-state index is 0.0237. The molecule has 0 saturated carbocycles. The third-order valence-corrected chi connectivity index (χ3v) is 4.31. The van der Waals surface area contributed by atoms with Gasteiger partial charge in [-0.1, -0.05) is 11.8 Å². The first-order valence-electron chi connectivity index (χ1n) is 7.32. The highest BCUT2D eigenvalue weighted by molar-refractivity contribution is 7.98. The number of nitrogens with zero attached hydrogens (tertiary/aromatic N) is 3. The lowest BCUT2D eigenvalue weighted by Gasteiger charge is -2.18. The SMILES string of the molecule is CSc1nc(C)c(CCC(=O)N(C)c2ccc(F)cc2)c(C)n1. The minimum atomic E-state index is -0.313. The van der Waals surface area contributed by atoms with Crippen molar-refractivity contribution < 1.29 is 9.18 Å². The normalized spacial score (nSPS) is 10.7. The lowest BCUT2D eigenvalue weighted by molar-refractivity contribution is -0.118. The van der Waals surface area contributed by atoms with Gasteiger partial charge in [0.05, 0.1) is 0 Å². The summed E-state index contributed by atoms with van der Waals surface area (Å²) in [5.41, 5.74) is 3.53. The summed E-state index contributed by atoms with van der Waals surface area (Å²) in [6.07, 6.45) is 2.89. The van der Waals surface area contributed by atoms with E-state index in [4.69, 9.17) is 0 Å². The van der Waals surface area contributed by atoms with Crippen molar-refractivity contribution >= 4 is 23.4 Å². The molecule has 0 saturated heterocycles. The zero-order chi connectivity index (χ0) is 17.0. The second-order valence-corrected chi connectivity index (χ2v) is 6.06. The molecule has 0 atom stereocenters.